The quantitative estimate of drug-likeness (QED) is 0.794. The van der Waals surface area contributed by atoms with Gasteiger partial charge in [0.05, 0.1) is 12.9 Å². The Hall–Kier alpha value is -2.37. The Labute approximate surface area is 122 Å². The summed E-state index contributed by atoms with van der Waals surface area (Å²) in [7, 11) is -2.08. The van der Waals surface area contributed by atoms with Crippen LogP contribution in [0.2, 0.25) is 0 Å². The van der Waals surface area contributed by atoms with E-state index in [1.165, 1.54) is 24.8 Å². The van der Waals surface area contributed by atoms with Crippen molar-refractivity contribution in [3.63, 3.8) is 0 Å². The van der Waals surface area contributed by atoms with Gasteiger partial charge in [-0.3, -0.25) is 4.72 Å². The molecule has 0 radical (unpaired) electrons. The number of rotatable bonds is 4. The van der Waals surface area contributed by atoms with Crippen molar-refractivity contribution in [2.75, 3.05) is 11.3 Å². The molecule has 2 aromatic rings. The highest BCUT2D eigenvalue weighted by Crippen LogP contribution is 2.13. The summed E-state index contributed by atoms with van der Waals surface area (Å²) in [5.41, 5.74) is 0.608. The molecule has 0 aromatic carbocycles. The van der Waals surface area contributed by atoms with E-state index in [0.29, 0.717) is 12.0 Å². The summed E-state index contributed by atoms with van der Waals surface area (Å²) < 4.78 is 28.1. The van der Waals surface area contributed by atoms with Crippen LogP contribution in [0.15, 0.2) is 35.9 Å². The number of anilines is 1. The molecule has 0 saturated carbocycles. The van der Waals surface area contributed by atoms with Gasteiger partial charge in [0.2, 0.25) is 0 Å². The highest BCUT2D eigenvalue weighted by atomic mass is 32.2. The topological polar surface area (TPSA) is 97.1 Å². The standard InChI is InChI=1S/C13H14N4O3S/c1-17-9-13(15-10-17)21(19,20)16-12-8-11(5-6-14-12)4-2-3-7-18/h5-6,8-10,18H,3,7H2,1H3,(H,14,16). The van der Waals surface area contributed by atoms with Gasteiger partial charge < -0.3 is 9.67 Å². The van der Waals surface area contributed by atoms with E-state index in [1.807, 2.05) is 0 Å². The number of aryl methyl sites for hydroxylation is 1. The monoisotopic (exact) mass is 306 g/mol. The van der Waals surface area contributed by atoms with Crippen molar-refractivity contribution < 1.29 is 13.5 Å². The fourth-order valence-electron chi connectivity index (χ4n) is 1.50. The minimum absolute atomic E-state index is 0.0166. The fraction of sp³-hybridized carbons (Fsp3) is 0.231. The molecule has 0 aliphatic carbocycles. The summed E-state index contributed by atoms with van der Waals surface area (Å²) in [5.74, 6) is 5.73. The number of pyridine rings is 1. The Morgan fingerprint density at radius 2 is 2.24 bits per heavy atom. The first-order valence-electron chi connectivity index (χ1n) is 6.08. The summed E-state index contributed by atoms with van der Waals surface area (Å²) in [5, 5.41) is 8.58. The van der Waals surface area contributed by atoms with Gasteiger partial charge >= 0.3 is 0 Å². The van der Waals surface area contributed by atoms with E-state index in [2.05, 4.69) is 26.5 Å². The second-order valence-corrected chi connectivity index (χ2v) is 5.82. The van der Waals surface area contributed by atoms with Gasteiger partial charge in [-0.2, -0.15) is 8.42 Å². The molecule has 0 bridgehead atoms. The van der Waals surface area contributed by atoms with Gasteiger partial charge in [-0.25, -0.2) is 9.97 Å². The van der Waals surface area contributed by atoms with Crippen molar-refractivity contribution >= 4 is 15.8 Å². The third kappa shape index (κ3) is 4.05. The zero-order chi connectivity index (χ0) is 15.3. The van der Waals surface area contributed by atoms with Crippen LogP contribution in [0.3, 0.4) is 0 Å². The van der Waals surface area contributed by atoms with Gasteiger partial charge in [-0.1, -0.05) is 11.8 Å². The van der Waals surface area contributed by atoms with Crippen molar-refractivity contribution in [1.29, 1.82) is 0 Å². The van der Waals surface area contributed by atoms with Gasteiger partial charge in [0.1, 0.15) is 5.82 Å². The summed E-state index contributed by atoms with van der Waals surface area (Å²) in [6, 6.07) is 3.17. The molecule has 2 heterocycles. The summed E-state index contributed by atoms with van der Waals surface area (Å²) in [6.45, 7) is -0.0166. The first-order chi connectivity index (χ1) is 10.0. The summed E-state index contributed by atoms with van der Waals surface area (Å²) in [4.78, 5) is 7.74. The number of aliphatic hydroxyl groups excluding tert-OH is 1. The number of aromatic nitrogens is 3. The third-order valence-electron chi connectivity index (χ3n) is 2.42. The highest BCUT2D eigenvalue weighted by molar-refractivity contribution is 7.92. The number of sulfonamides is 1. The second kappa shape index (κ2) is 6.39. The van der Waals surface area contributed by atoms with Crippen LogP contribution in [0, 0.1) is 11.8 Å². The summed E-state index contributed by atoms with van der Waals surface area (Å²) >= 11 is 0. The predicted octanol–water partition coefficient (Wildman–Crippen LogP) is 0.350. The molecule has 0 aliphatic heterocycles. The maximum Gasteiger partial charge on any atom is 0.282 e. The average Bonchev–Trinajstić information content (AvgIpc) is 2.87. The zero-order valence-corrected chi connectivity index (χ0v) is 12.1. The SMILES string of the molecule is Cn1cnc(S(=O)(=O)Nc2cc(C#CCCO)ccn2)c1. The molecular formula is C13H14N4O3S. The molecule has 8 heteroatoms. The van der Waals surface area contributed by atoms with E-state index < -0.39 is 10.0 Å². The predicted molar refractivity (Wildman–Crippen MR) is 76.8 cm³/mol. The number of nitrogens with one attached hydrogen (secondary N) is 1. The smallest absolute Gasteiger partial charge is 0.282 e. The van der Waals surface area contributed by atoms with Crippen LogP contribution in [0.5, 0.6) is 0 Å². The van der Waals surface area contributed by atoms with Crippen molar-refractivity contribution in [3.05, 3.63) is 36.4 Å². The van der Waals surface area contributed by atoms with Gasteiger partial charge in [-0.15, -0.1) is 0 Å². The van der Waals surface area contributed by atoms with Gasteiger partial charge in [-0.05, 0) is 12.1 Å². The maximum atomic E-state index is 12.1. The lowest BCUT2D eigenvalue weighted by molar-refractivity contribution is 0.305. The molecular weight excluding hydrogens is 292 g/mol. The van der Waals surface area contributed by atoms with Crippen molar-refractivity contribution in [2.24, 2.45) is 7.05 Å². The number of imidazole rings is 1. The molecule has 0 fully saturated rings. The lowest BCUT2D eigenvalue weighted by Crippen LogP contribution is -2.14. The van der Waals surface area contributed by atoms with E-state index in [0.717, 1.165) is 0 Å². The van der Waals surface area contributed by atoms with Crippen molar-refractivity contribution in [1.82, 2.24) is 14.5 Å². The normalized spacial score (nSPS) is 10.8. The van der Waals surface area contributed by atoms with Crippen LogP contribution in [0.1, 0.15) is 12.0 Å². The molecule has 0 atom stereocenters. The number of nitrogens with zero attached hydrogens (tertiary/aromatic N) is 3. The van der Waals surface area contributed by atoms with Gasteiger partial charge in [0, 0.05) is 31.4 Å². The lowest BCUT2D eigenvalue weighted by Gasteiger charge is -2.04. The molecule has 0 saturated heterocycles. The van der Waals surface area contributed by atoms with E-state index in [1.54, 1.807) is 17.7 Å². The third-order valence-corrected chi connectivity index (χ3v) is 3.66. The molecule has 110 valence electrons. The fourth-order valence-corrected chi connectivity index (χ4v) is 2.48. The Morgan fingerprint density at radius 3 is 2.90 bits per heavy atom. The van der Waals surface area contributed by atoms with Gasteiger partial charge in [0.15, 0.2) is 5.03 Å². The van der Waals surface area contributed by atoms with Crippen LogP contribution in [-0.2, 0) is 17.1 Å². The molecule has 2 rings (SSSR count). The average molecular weight is 306 g/mol. The van der Waals surface area contributed by atoms with Crippen molar-refractivity contribution in [2.45, 2.75) is 11.4 Å². The molecule has 21 heavy (non-hydrogen) atoms. The van der Waals surface area contributed by atoms with E-state index in [4.69, 9.17) is 5.11 Å². The van der Waals surface area contributed by atoms with Crippen LogP contribution < -0.4 is 4.72 Å². The first-order valence-corrected chi connectivity index (χ1v) is 7.56. The zero-order valence-electron chi connectivity index (χ0n) is 11.3. The Kier molecular flexibility index (Phi) is 4.57. The minimum atomic E-state index is -3.77. The lowest BCUT2D eigenvalue weighted by atomic mass is 10.2. The van der Waals surface area contributed by atoms with E-state index in [9.17, 15) is 8.42 Å². The van der Waals surface area contributed by atoms with E-state index >= 15 is 0 Å². The van der Waals surface area contributed by atoms with Gasteiger partial charge in [0.25, 0.3) is 10.0 Å². The molecule has 0 amide bonds. The number of aliphatic hydroxyl groups is 1. The van der Waals surface area contributed by atoms with Crippen molar-refractivity contribution in [3.8, 4) is 11.8 Å². The Morgan fingerprint density at radius 1 is 1.43 bits per heavy atom. The Balaban J connectivity index is 2.20. The summed E-state index contributed by atoms with van der Waals surface area (Å²) in [6.07, 6.45) is 4.61. The Bertz CT molecular complexity index is 787. The molecule has 2 aromatic heterocycles. The van der Waals surface area contributed by atoms with Crippen LogP contribution in [0.25, 0.3) is 0 Å². The van der Waals surface area contributed by atoms with E-state index in [-0.39, 0.29) is 17.5 Å². The van der Waals surface area contributed by atoms with Crippen LogP contribution in [0.4, 0.5) is 5.82 Å². The second-order valence-electron chi connectivity index (χ2n) is 4.19. The first kappa shape index (κ1) is 15.0. The molecule has 2 N–H and O–H groups in total. The largest absolute Gasteiger partial charge is 0.395 e. The number of hydrogen-bond donors (Lipinski definition) is 2. The highest BCUT2D eigenvalue weighted by Gasteiger charge is 2.17. The van der Waals surface area contributed by atoms with Crippen LogP contribution >= 0.6 is 0 Å². The van der Waals surface area contributed by atoms with Crippen LogP contribution in [-0.4, -0.2) is 34.7 Å². The molecule has 0 spiro atoms. The molecule has 0 aliphatic rings. The number of hydrogen-bond acceptors (Lipinski definition) is 5. The molecule has 7 nitrogen and oxygen atoms in total. The maximum absolute atomic E-state index is 12.1. The minimum Gasteiger partial charge on any atom is -0.395 e. The molecule has 0 unspecified atom stereocenters.